The second kappa shape index (κ2) is 4.53. The van der Waals surface area contributed by atoms with Crippen LogP contribution in [0, 0.1) is 0 Å². The molecule has 0 aliphatic carbocycles. The molecule has 0 radical (unpaired) electrons. The third-order valence-corrected chi connectivity index (χ3v) is 4.62. The van der Waals surface area contributed by atoms with Gasteiger partial charge in [0.25, 0.3) is 0 Å². The minimum atomic E-state index is -0.0432. The highest BCUT2D eigenvalue weighted by atomic mass is 16.3. The Morgan fingerprint density at radius 1 is 0.913 bits per heavy atom. The third-order valence-electron chi connectivity index (χ3n) is 4.62. The summed E-state index contributed by atoms with van der Waals surface area (Å²) in [6.07, 6.45) is 2.49. The Bertz CT molecular complexity index is 1120. The summed E-state index contributed by atoms with van der Waals surface area (Å²) in [5, 5.41) is 23.0. The van der Waals surface area contributed by atoms with Gasteiger partial charge >= 0.3 is 0 Å². The van der Waals surface area contributed by atoms with E-state index in [0.717, 1.165) is 5.56 Å². The van der Waals surface area contributed by atoms with Crippen LogP contribution in [-0.4, -0.2) is 23.3 Å². The molecule has 3 heteroatoms. The lowest BCUT2D eigenvalue weighted by molar-refractivity contribution is -0.519. The first-order valence-electron chi connectivity index (χ1n) is 7.82. The van der Waals surface area contributed by atoms with Gasteiger partial charge in [-0.2, -0.15) is 0 Å². The van der Waals surface area contributed by atoms with E-state index in [1.807, 2.05) is 6.21 Å². The highest BCUT2D eigenvalue weighted by Crippen LogP contribution is 2.35. The average molecular weight is 298 g/mol. The molecular weight excluding hydrogens is 284 g/mol. The molecule has 4 aromatic rings. The molecule has 3 nitrogen and oxygen atoms in total. The molecule has 0 aromatic heterocycles. The molecule has 0 saturated carbocycles. The zero-order chi connectivity index (χ0) is 15.4. The number of benzene rings is 4. The molecule has 0 N–H and O–H groups in total. The molecule has 1 heterocycles. The summed E-state index contributed by atoms with van der Waals surface area (Å²) < 4.78 is 1.76. The predicted octanol–water partition coefficient (Wildman–Crippen LogP) is 3.09. The third kappa shape index (κ3) is 1.83. The Morgan fingerprint density at radius 3 is 2.43 bits per heavy atom. The molecule has 1 aliphatic heterocycles. The van der Waals surface area contributed by atoms with Gasteiger partial charge in [-0.15, -0.1) is 0 Å². The molecule has 0 fully saturated rings. The summed E-state index contributed by atoms with van der Waals surface area (Å²) in [6, 6.07) is 19.4. The lowest BCUT2D eigenvalue weighted by atomic mass is 9.92. The van der Waals surface area contributed by atoms with Gasteiger partial charge < -0.3 is 5.11 Å². The van der Waals surface area contributed by atoms with Crippen LogP contribution in [0.2, 0.25) is 0 Å². The smallest absolute Gasteiger partial charge is 0.204 e. The van der Waals surface area contributed by atoms with Gasteiger partial charge in [-0.3, -0.25) is 0 Å². The topological polar surface area (TPSA) is 38.4 Å². The van der Waals surface area contributed by atoms with Crippen LogP contribution in [0.25, 0.3) is 32.3 Å². The van der Waals surface area contributed by atoms with Crippen LogP contribution in [-0.2, 0) is 0 Å². The predicted molar refractivity (Wildman–Crippen MR) is 92.5 cm³/mol. The number of nitrogens with zero attached hydrogens (tertiary/aromatic N) is 2. The molecule has 0 spiro atoms. The van der Waals surface area contributed by atoms with E-state index in [0.29, 0.717) is 13.0 Å². The van der Waals surface area contributed by atoms with Crippen LogP contribution >= 0.6 is 0 Å². The van der Waals surface area contributed by atoms with Gasteiger partial charge in [0, 0.05) is 17.9 Å². The average Bonchev–Trinajstić information content (AvgIpc) is 2.98. The van der Waals surface area contributed by atoms with Crippen LogP contribution in [0.1, 0.15) is 12.0 Å². The molecule has 4 aromatic carbocycles. The fraction of sp³-hybridized carbons (Fsp3) is 0.100. The molecule has 0 bridgehead atoms. The van der Waals surface area contributed by atoms with Crippen LogP contribution in [0.5, 0.6) is 0 Å². The van der Waals surface area contributed by atoms with Crippen LogP contribution < -0.4 is 5.11 Å². The molecule has 1 aliphatic rings. The maximum Gasteiger partial charge on any atom is 0.204 e. The Hall–Kier alpha value is -2.94. The Labute approximate surface area is 133 Å². The Kier molecular flexibility index (Phi) is 2.48. The minimum absolute atomic E-state index is 0.0432. The fourth-order valence-electron chi connectivity index (χ4n) is 3.60. The van der Waals surface area contributed by atoms with Crippen molar-refractivity contribution >= 4 is 44.4 Å². The van der Waals surface area contributed by atoms with E-state index in [1.54, 1.807) is 4.68 Å². The van der Waals surface area contributed by atoms with Crippen molar-refractivity contribution in [3.63, 3.8) is 0 Å². The molecule has 0 amide bonds. The van der Waals surface area contributed by atoms with Crippen LogP contribution in [0.3, 0.4) is 0 Å². The number of rotatable bonds is 1. The van der Waals surface area contributed by atoms with E-state index in [1.165, 1.54) is 32.3 Å². The van der Waals surface area contributed by atoms with Gasteiger partial charge in [-0.25, -0.2) is 0 Å². The van der Waals surface area contributed by atoms with E-state index in [2.05, 4.69) is 59.7 Å². The maximum atomic E-state index is 11.4. The lowest BCUT2D eigenvalue weighted by Gasteiger charge is -2.11. The van der Waals surface area contributed by atoms with E-state index < -0.39 is 0 Å². The number of hydrazone groups is 1. The van der Waals surface area contributed by atoms with E-state index in [9.17, 15) is 5.11 Å². The fourth-order valence-corrected chi connectivity index (χ4v) is 3.60. The van der Waals surface area contributed by atoms with Crippen molar-refractivity contribution in [1.82, 2.24) is 0 Å². The first-order chi connectivity index (χ1) is 11.3. The molecule has 110 valence electrons. The van der Waals surface area contributed by atoms with Crippen LogP contribution in [0.4, 0.5) is 0 Å². The number of hydrogen-bond donors (Lipinski definition) is 0. The zero-order valence-corrected chi connectivity index (χ0v) is 12.5. The van der Waals surface area contributed by atoms with Crippen molar-refractivity contribution in [3.8, 4) is 0 Å². The van der Waals surface area contributed by atoms with Gasteiger partial charge in [0.05, 0.1) is 0 Å². The first kappa shape index (κ1) is 12.6. The molecule has 0 unspecified atom stereocenters. The summed E-state index contributed by atoms with van der Waals surface area (Å²) in [6.45, 7) is 0.665. The van der Waals surface area contributed by atoms with Gasteiger partial charge in [0.2, 0.25) is 6.21 Å². The van der Waals surface area contributed by atoms with E-state index in [4.69, 9.17) is 0 Å². The van der Waals surface area contributed by atoms with Gasteiger partial charge in [-0.1, -0.05) is 53.2 Å². The van der Waals surface area contributed by atoms with Crippen LogP contribution in [0.15, 0.2) is 59.7 Å². The highest BCUT2D eigenvalue weighted by Gasteiger charge is 2.15. The summed E-state index contributed by atoms with van der Waals surface area (Å²) in [5.41, 5.74) is 1.11. The Morgan fingerprint density at radius 2 is 1.65 bits per heavy atom. The van der Waals surface area contributed by atoms with Crippen molar-refractivity contribution in [2.24, 2.45) is 5.10 Å². The Balaban J connectivity index is 1.93. The SMILES string of the molecule is [O-]C1=N/[N+](=C\c2cc3cccc4ccc5cccc2c5c43)CC1. The van der Waals surface area contributed by atoms with Crippen molar-refractivity contribution < 1.29 is 9.79 Å². The summed E-state index contributed by atoms with van der Waals surface area (Å²) in [7, 11) is 0. The molecule has 0 atom stereocenters. The van der Waals surface area contributed by atoms with E-state index in [-0.39, 0.29) is 5.90 Å². The van der Waals surface area contributed by atoms with Gasteiger partial charge in [0.1, 0.15) is 0 Å². The van der Waals surface area contributed by atoms with Crippen molar-refractivity contribution in [1.29, 1.82) is 0 Å². The van der Waals surface area contributed by atoms with Crippen molar-refractivity contribution in [2.75, 3.05) is 6.54 Å². The molecule has 23 heavy (non-hydrogen) atoms. The highest BCUT2D eigenvalue weighted by molar-refractivity contribution is 6.25. The molecule has 5 rings (SSSR count). The normalized spacial score (nSPS) is 16.9. The minimum Gasteiger partial charge on any atom is -0.857 e. The standard InChI is InChI=1S/C20H14N2O/c23-18-9-10-22(21-18)12-16-11-15-5-1-3-13-7-8-14-4-2-6-17(16)20(14)19(13)15/h1-8,11-12H,9-10H2/b22-12-. The quantitative estimate of drug-likeness (QED) is 0.393. The van der Waals surface area contributed by atoms with E-state index >= 15 is 0 Å². The van der Waals surface area contributed by atoms with Crippen molar-refractivity contribution in [2.45, 2.75) is 6.42 Å². The zero-order valence-electron chi connectivity index (χ0n) is 12.5. The second-order valence-corrected chi connectivity index (χ2v) is 6.05. The number of hydrogen-bond acceptors (Lipinski definition) is 2. The maximum absolute atomic E-state index is 11.4. The molecular formula is C20H14N2O. The summed E-state index contributed by atoms with van der Waals surface area (Å²) in [5.74, 6) is -0.0432. The summed E-state index contributed by atoms with van der Waals surface area (Å²) in [4.78, 5) is 0. The molecule has 0 saturated heterocycles. The second-order valence-electron chi connectivity index (χ2n) is 6.05. The lowest BCUT2D eigenvalue weighted by Crippen LogP contribution is -2.13. The first-order valence-corrected chi connectivity index (χ1v) is 7.82. The van der Waals surface area contributed by atoms with Gasteiger partial charge in [0.15, 0.2) is 6.54 Å². The van der Waals surface area contributed by atoms with Gasteiger partial charge in [-0.05, 0) is 43.5 Å². The summed E-state index contributed by atoms with van der Waals surface area (Å²) >= 11 is 0. The van der Waals surface area contributed by atoms with Crippen molar-refractivity contribution in [3.05, 3.63) is 60.2 Å². The monoisotopic (exact) mass is 298 g/mol. The largest absolute Gasteiger partial charge is 0.857 e.